The first-order valence-electron chi connectivity index (χ1n) is 9.35. The topological polar surface area (TPSA) is 111 Å². The van der Waals surface area contributed by atoms with Gasteiger partial charge in [-0.05, 0) is 17.9 Å². The van der Waals surface area contributed by atoms with Crippen molar-refractivity contribution in [3.8, 4) is 11.4 Å². The Hall–Kier alpha value is -3.55. The number of hydrogen-bond donors (Lipinski definition) is 1. The van der Waals surface area contributed by atoms with Crippen molar-refractivity contribution in [3.05, 3.63) is 76.2 Å². The van der Waals surface area contributed by atoms with Crippen LogP contribution in [0.3, 0.4) is 0 Å². The van der Waals surface area contributed by atoms with Crippen molar-refractivity contribution in [1.82, 2.24) is 15.5 Å². The van der Waals surface area contributed by atoms with Crippen molar-refractivity contribution in [3.63, 3.8) is 0 Å². The Morgan fingerprint density at radius 3 is 2.62 bits per heavy atom. The molecule has 1 heterocycles. The van der Waals surface area contributed by atoms with Gasteiger partial charge in [-0.2, -0.15) is 4.98 Å². The van der Waals surface area contributed by atoms with Crippen LogP contribution in [0.5, 0.6) is 0 Å². The highest BCUT2D eigenvalue weighted by atomic mass is 16.6. The molecule has 8 nitrogen and oxygen atoms in total. The Morgan fingerprint density at radius 2 is 1.93 bits per heavy atom. The fraction of sp³-hybridized carbons (Fsp3) is 0.286. The van der Waals surface area contributed by atoms with Crippen molar-refractivity contribution in [2.75, 3.05) is 0 Å². The van der Waals surface area contributed by atoms with Crippen LogP contribution in [-0.4, -0.2) is 21.0 Å². The van der Waals surface area contributed by atoms with Gasteiger partial charge in [0.25, 0.3) is 5.69 Å². The Labute approximate surface area is 168 Å². The minimum Gasteiger partial charge on any atom is -0.344 e. The van der Waals surface area contributed by atoms with E-state index in [0.717, 1.165) is 5.56 Å². The summed E-state index contributed by atoms with van der Waals surface area (Å²) >= 11 is 0. The molecule has 0 saturated carbocycles. The Kier molecular flexibility index (Phi) is 6.33. The molecule has 0 fully saturated rings. The molecule has 1 atom stereocenters. The predicted octanol–water partition coefficient (Wildman–Crippen LogP) is 4.09. The number of nitrogens with one attached hydrogen (secondary N) is 1. The highest BCUT2D eigenvalue weighted by Crippen LogP contribution is 2.25. The average Bonchev–Trinajstić information content (AvgIpc) is 3.21. The van der Waals surface area contributed by atoms with E-state index >= 15 is 0 Å². The molecule has 8 heteroatoms. The van der Waals surface area contributed by atoms with Crippen molar-refractivity contribution in [1.29, 1.82) is 0 Å². The number of benzene rings is 2. The van der Waals surface area contributed by atoms with Crippen LogP contribution in [0.1, 0.15) is 37.8 Å². The largest absolute Gasteiger partial charge is 0.344 e. The standard InChI is InChI=1S/C21H22N4O4/c1-14(2)19(22-18(26)12-11-15-7-4-3-5-8-15)21-23-20(24-29-21)16-9-6-10-17(13-16)25(27)28/h3-10,13-14,19H,11-12H2,1-2H3,(H,22,26)/t19-/m1/s1. The molecule has 0 aliphatic carbocycles. The lowest BCUT2D eigenvalue weighted by atomic mass is 10.0. The van der Waals surface area contributed by atoms with Crippen LogP contribution in [-0.2, 0) is 11.2 Å². The number of aromatic nitrogens is 2. The van der Waals surface area contributed by atoms with Gasteiger partial charge in [0.2, 0.25) is 17.6 Å². The molecule has 1 N–H and O–H groups in total. The van der Waals surface area contributed by atoms with Gasteiger partial charge in [0.05, 0.1) is 4.92 Å². The van der Waals surface area contributed by atoms with Gasteiger partial charge in [0, 0.05) is 24.1 Å². The van der Waals surface area contributed by atoms with E-state index in [0.29, 0.717) is 18.4 Å². The number of carbonyl (C=O) groups is 1. The van der Waals surface area contributed by atoms with E-state index in [2.05, 4.69) is 15.5 Å². The normalized spacial score (nSPS) is 12.0. The molecule has 2 aromatic carbocycles. The fourth-order valence-electron chi connectivity index (χ4n) is 2.90. The van der Waals surface area contributed by atoms with Crippen LogP contribution in [0, 0.1) is 16.0 Å². The highest BCUT2D eigenvalue weighted by molar-refractivity contribution is 5.76. The van der Waals surface area contributed by atoms with Gasteiger partial charge in [0.15, 0.2) is 0 Å². The number of carbonyl (C=O) groups excluding carboxylic acids is 1. The van der Waals surface area contributed by atoms with Gasteiger partial charge in [0.1, 0.15) is 6.04 Å². The van der Waals surface area contributed by atoms with Gasteiger partial charge in [-0.1, -0.05) is 61.5 Å². The monoisotopic (exact) mass is 394 g/mol. The maximum absolute atomic E-state index is 12.4. The zero-order valence-electron chi connectivity index (χ0n) is 16.2. The maximum atomic E-state index is 12.4. The quantitative estimate of drug-likeness (QED) is 0.455. The molecular weight excluding hydrogens is 372 g/mol. The number of rotatable bonds is 8. The second kappa shape index (κ2) is 9.09. The molecule has 3 aromatic rings. The number of amides is 1. The van der Waals surface area contributed by atoms with Crippen LogP contribution in [0.15, 0.2) is 59.1 Å². The molecular formula is C21H22N4O4. The van der Waals surface area contributed by atoms with Crippen LogP contribution in [0.2, 0.25) is 0 Å². The van der Waals surface area contributed by atoms with Gasteiger partial charge in [-0.3, -0.25) is 14.9 Å². The SMILES string of the molecule is CC(C)[C@@H](NC(=O)CCc1ccccc1)c1nc(-c2cccc([N+](=O)[O-])c2)no1. The Morgan fingerprint density at radius 1 is 1.17 bits per heavy atom. The summed E-state index contributed by atoms with van der Waals surface area (Å²) in [7, 11) is 0. The summed E-state index contributed by atoms with van der Waals surface area (Å²) in [5.74, 6) is 0.430. The van der Waals surface area contributed by atoms with Gasteiger partial charge in [-0.15, -0.1) is 0 Å². The van der Waals surface area contributed by atoms with E-state index in [1.54, 1.807) is 12.1 Å². The summed E-state index contributed by atoms with van der Waals surface area (Å²) in [6.45, 7) is 3.89. The first-order valence-corrected chi connectivity index (χ1v) is 9.35. The summed E-state index contributed by atoms with van der Waals surface area (Å²) < 4.78 is 5.36. The minimum atomic E-state index is -0.478. The number of hydrogen-bond acceptors (Lipinski definition) is 6. The Balaban J connectivity index is 1.70. The third-order valence-corrected chi connectivity index (χ3v) is 4.49. The third kappa shape index (κ3) is 5.25. The molecule has 0 aliphatic rings. The van der Waals surface area contributed by atoms with Crippen molar-refractivity contribution >= 4 is 11.6 Å². The molecule has 0 unspecified atom stereocenters. The number of nitro benzene ring substituents is 1. The maximum Gasteiger partial charge on any atom is 0.270 e. The van der Waals surface area contributed by atoms with E-state index < -0.39 is 11.0 Å². The number of non-ortho nitro benzene ring substituents is 1. The smallest absolute Gasteiger partial charge is 0.270 e. The van der Waals surface area contributed by atoms with Crippen molar-refractivity contribution in [2.24, 2.45) is 5.92 Å². The summed E-state index contributed by atoms with van der Waals surface area (Å²) in [6, 6.07) is 15.4. The molecule has 0 radical (unpaired) electrons. The lowest BCUT2D eigenvalue weighted by molar-refractivity contribution is -0.384. The number of nitrogens with zero attached hydrogens (tertiary/aromatic N) is 3. The zero-order chi connectivity index (χ0) is 20.8. The molecule has 0 bridgehead atoms. The summed E-state index contributed by atoms with van der Waals surface area (Å²) in [5.41, 5.74) is 1.52. The van der Waals surface area contributed by atoms with Gasteiger partial charge in [-0.25, -0.2) is 0 Å². The van der Waals surface area contributed by atoms with Gasteiger partial charge >= 0.3 is 0 Å². The minimum absolute atomic E-state index is 0.0223. The Bertz CT molecular complexity index is 985. The van der Waals surface area contributed by atoms with E-state index in [1.165, 1.54) is 12.1 Å². The number of nitro groups is 1. The lowest BCUT2D eigenvalue weighted by Crippen LogP contribution is -2.32. The summed E-state index contributed by atoms with van der Waals surface area (Å²) in [4.78, 5) is 27.3. The average molecular weight is 394 g/mol. The molecule has 3 rings (SSSR count). The van der Waals surface area contributed by atoms with E-state index in [1.807, 2.05) is 44.2 Å². The van der Waals surface area contributed by atoms with E-state index in [4.69, 9.17) is 4.52 Å². The molecule has 29 heavy (non-hydrogen) atoms. The van der Waals surface area contributed by atoms with Crippen molar-refractivity contribution in [2.45, 2.75) is 32.7 Å². The van der Waals surface area contributed by atoms with Crippen LogP contribution in [0.4, 0.5) is 5.69 Å². The molecule has 1 aromatic heterocycles. The molecule has 0 spiro atoms. The summed E-state index contributed by atoms with van der Waals surface area (Å²) in [6.07, 6.45) is 0.985. The second-order valence-electron chi connectivity index (χ2n) is 7.04. The third-order valence-electron chi connectivity index (χ3n) is 4.49. The molecule has 150 valence electrons. The lowest BCUT2D eigenvalue weighted by Gasteiger charge is -2.18. The van der Waals surface area contributed by atoms with Crippen molar-refractivity contribution < 1.29 is 14.2 Å². The highest BCUT2D eigenvalue weighted by Gasteiger charge is 2.25. The zero-order valence-corrected chi connectivity index (χ0v) is 16.2. The van der Waals surface area contributed by atoms with E-state index in [9.17, 15) is 14.9 Å². The van der Waals surface area contributed by atoms with E-state index in [-0.39, 0.29) is 29.2 Å². The van der Waals surface area contributed by atoms with Crippen LogP contribution >= 0.6 is 0 Å². The summed E-state index contributed by atoms with van der Waals surface area (Å²) in [5, 5.41) is 17.9. The molecule has 0 saturated heterocycles. The van der Waals surface area contributed by atoms with Crippen LogP contribution in [0.25, 0.3) is 11.4 Å². The first kappa shape index (κ1) is 20.2. The first-order chi connectivity index (χ1) is 13.9. The van der Waals surface area contributed by atoms with Crippen LogP contribution < -0.4 is 5.32 Å². The fourth-order valence-corrected chi connectivity index (χ4v) is 2.90. The second-order valence-corrected chi connectivity index (χ2v) is 7.04. The van der Waals surface area contributed by atoms with Gasteiger partial charge < -0.3 is 9.84 Å². The predicted molar refractivity (Wildman–Crippen MR) is 107 cm³/mol. The molecule has 0 aliphatic heterocycles. The molecule has 1 amide bonds. The number of aryl methyl sites for hydroxylation is 1.